The molecule has 1 atom stereocenters. The van der Waals surface area contributed by atoms with Gasteiger partial charge in [-0.15, -0.1) is 0 Å². The number of rotatable bonds is 2. The molecule has 8 nitrogen and oxygen atoms in total. The Kier molecular flexibility index (Phi) is 3.63. The molecule has 2 heterocycles. The summed E-state index contributed by atoms with van der Waals surface area (Å²) in [7, 11) is 0. The Hall–Kier alpha value is -4.12. The number of nitrogens with zero attached hydrogens (tertiary/aromatic N) is 2. The largest absolute Gasteiger partial charge is 0.439 e. The molecule has 0 saturated heterocycles. The number of ether oxygens (including phenoxy) is 1. The van der Waals surface area contributed by atoms with Crippen LogP contribution in [0.3, 0.4) is 0 Å². The van der Waals surface area contributed by atoms with Crippen molar-refractivity contribution in [3.8, 4) is 11.8 Å². The summed E-state index contributed by atoms with van der Waals surface area (Å²) < 4.78 is 11.0. The van der Waals surface area contributed by atoms with Gasteiger partial charge in [-0.3, -0.25) is 10.1 Å². The molecule has 0 spiro atoms. The number of hydrogen-bond acceptors (Lipinski definition) is 7. The van der Waals surface area contributed by atoms with Crippen molar-refractivity contribution in [1.29, 1.82) is 5.26 Å². The highest BCUT2D eigenvalue weighted by atomic mass is 16.6. The van der Waals surface area contributed by atoms with E-state index in [1.54, 1.807) is 24.3 Å². The highest BCUT2D eigenvalue weighted by Gasteiger charge is 2.35. The van der Waals surface area contributed by atoms with Crippen molar-refractivity contribution < 1.29 is 14.1 Å². The number of fused-ring (bicyclic) bond motifs is 3. The summed E-state index contributed by atoms with van der Waals surface area (Å²) in [6.45, 7) is 0. The second-order valence-corrected chi connectivity index (χ2v) is 5.90. The summed E-state index contributed by atoms with van der Waals surface area (Å²) in [5.74, 6) is -0.744. The zero-order valence-electron chi connectivity index (χ0n) is 13.7. The van der Waals surface area contributed by atoms with Crippen LogP contribution in [-0.4, -0.2) is 4.92 Å². The third kappa shape index (κ3) is 2.49. The normalized spacial score (nSPS) is 15.7. The van der Waals surface area contributed by atoms with Gasteiger partial charge in [-0.05, 0) is 17.7 Å². The minimum atomic E-state index is -0.847. The number of para-hydroxylation sites is 1. The Morgan fingerprint density at radius 1 is 1.15 bits per heavy atom. The van der Waals surface area contributed by atoms with Crippen LogP contribution < -0.4 is 16.1 Å². The molecule has 1 unspecified atom stereocenters. The lowest BCUT2D eigenvalue weighted by molar-refractivity contribution is -0.384. The average Bonchev–Trinajstić information content (AvgIpc) is 2.67. The molecule has 2 N–H and O–H groups in total. The fourth-order valence-corrected chi connectivity index (χ4v) is 3.19. The summed E-state index contributed by atoms with van der Waals surface area (Å²) in [6, 6.07) is 14.4. The van der Waals surface area contributed by atoms with Gasteiger partial charge in [0.2, 0.25) is 5.88 Å². The van der Waals surface area contributed by atoms with E-state index in [-0.39, 0.29) is 28.5 Å². The maximum Gasteiger partial charge on any atom is 0.344 e. The average molecular weight is 361 g/mol. The summed E-state index contributed by atoms with van der Waals surface area (Å²) in [6.07, 6.45) is 0. The van der Waals surface area contributed by atoms with Crippen LogP contribution >= 0.6 is 0 Å². The zero-order valence-corrected chi connectivity index (χ0v) is 13.7. The molecule has 2 aromatic carbocycles. The molecular formula is C19H11N3O5. The van der Waals surface area contributed by atoms with Crippen LogP contribution in [-0.2, 0) is 0 Å². The number of nitrogens with two attached hydrogens (primary N) is 1. The summed E-state index contributed by atoms with van der Waals surface area (Å²) in [5.41, 5.74) is 6.18. The zero-order chi connectivity index (χ0) is 19.1. The fourth-order valence-electron chi connectivity index (χ4n) is 3.19. The van der Waals surface area contributed by atoms with Crippen LogP contribution in [0, 0.1) is 21.4 Å². The van der Waals surface area contributed by atoms with Gasteiger partial charge in [0, 0.05) is 12.1 Å². The van der Waals surface area contributed by atoms with Crippen LogP contribution in [0.4, 0.5) is 5.69 Å². The Bertz CT molecular complexity index is 1220. The van der Waals surface area contributed by atoms with E-state index in [2.05, 4.69) is 0 Å². The molecule has 1 aliphatic rings. The van der Waals surface area contributed by atoms with E-state index < -0.39 is 16.5 Å². The number of benzene rings is 2. The number of hydrogen-bond donors (Lipinski definition) is 1. The molecule has 4 rings (SSSR count). The number of allylic oxidation sites excluding steroid dienone is 1. The third-order valence-corrected chi connectivity index (χ3v) is 4.41. The van der Waals surface area contributed by atoms with E-state index >= 15 is 0 Å². The van der Waals surface area contributed by atoms with Gasteiger partial charge in [-0.25, -0.2) is 4.79 Å². The minimum Gasteiger partial charge on any atom is -0.439 e. The molecule has 27 heavy (non-hydrogen) atoms. The molecule has 0 radical (unpaired) electrons. The Balaban J connectivity index is 2.01. The lowest BCUT2D eigenvalue weighted by Crippen LogP contribution is -2.26. The van der Waals surface area contributed by atoms with E-state index in [1.165, 1.54) is 24.3 Å². The van der Waals surface area contributed by atoms with Gasteiger partial charge in [0.1, 0.15) is 17.2 Å². The van der Waals surface area contributed by atoms with Gasteiger partial charge >= 0.3 is 5.63 Å². The maximum absolute atomic E-state index is 12.7. The van der Waals surface area contributed by atoms with Crippen molar-refractivity contribution >= 4 is 16.7 Å². The van der Waals surface area contributed by atoms with Gasteiger partial charge in [0.05, 0.1) is 21.8 Å². The standard InChI is InChI=1S/C19H11N3O5/c20-9-13-15(10-5-7-11(8-6-10)22(24)25)16-17(27-18(13)21)12-3-1-2-4-14(12)26-19(16)23/h1-8,15H,21H2. The molecule has 1 aromatic heterocycles. The lowest BCUT2D eigenvalue weighted by Gasteiger charge is -2.25. The number of nitro groups is 1. The first-order valence-corrected chi connectivity index (χ1v) is 7.89. The molecule has 0 saturated carbocycles. The quantitative estimate of drug-likeness (QED) is 0.421. The Labute approximate surface area is 151 Å². The van der Waals surface area contributed by atoms with E-state index in [4.69, 9.17) is 14.9 Å². The maximum atomic E-state index is 12.7. The van der Waals surface area contributed by atoms with Crippen LogP contribution in [0.2, 0.25) is 0 Å². The van der Waals surface area contributed by atoms with Crippen LogP contribution in [0.1, 0.15) is 17.0 Å². The molecule has 0 bridgehead atoms. The first-order chi connectivity index (χ1) is 13.0. The molecule has 1 aliphatic heterocycles. The highest BCUT2D eigenvalue weighted by molar-refractivity contribution is 5.86. The predicted molar refractivity (Wildman–Crippen MR) is 94.9 cm³/mol. The summed E-state index contributed by atoms with van der Waals surface area (Å²) >= 11 is 0. The number of nitriles is 1. The fraction of sp³-hybridized carbons (Fsp3) is 0.0526. The van der Waals surface area contributed by atoms with Gasteiger partial charge in [0.15, 0.2) is 5.75 Å². The molecule has 0 fully saturated rings. The smallest absolute Gasteiger partial charge is 0.344 e. The van der Waals surface area contributed by atoms with Crippen LogP contribution in [0.25, 0.3) is 11.0 Å². The first-order valence-electron chi connectivity index (χ1n) is 7.89. The van der Waals surface area contributed by atoms with Crippen LogP contribution in [0.15, 0.2) is 69.2 Å². The van der Waals surface area contributed by atoms with Gasteiger partial charge in [-0.1, -0.05) is 24.3 Å². The Morgan fingerprint density at radius 2 is 1.85 bits per heavy atom. The summed E-state index contributed by atoms with van der Waals surface area (Å²) in [5, 5.41) is 21.0. The van der Waals surface area contributed by atoms with Gasteiger partial charge < -0.3 is 14.9 Å². The van der Waals surface area contributed by atoms with E-state index in [9.17, 15) is 20.2 Å². The van der Waals surface area contributed by atoms with Crippen molar-refractivity contribution in [2.24, 2.45) is 5.73 Å². The van der Waals surface area contributed by atoms with Crippen LogP contribution in [0.5, 0.6) is 5.75 Å². The Morgan fingerprint density at radius 3 is 2.52 bits per heavy atom. The first kappa shape index (κ1) is 16.4. The van der Waals surface area contributed by atoms with Gasteiger partial charge in [0.25, 0.3) is 5.69 Å². The predicted octanol–water partition coefficient (Wildman–Crippen LogP) is 2.92. The molecule has 8 heteroatoms. The topological polar surface area (TPSA) is 132 Å². The van der Waals surface area contributed by atoms with Gasteiger partial charge in [-0.2, -0.15) is 5.26 Å². The molecule has 3 aromatic rings. The second-order valence-electron chi connectivity index (χ2n) is 5.90. The second kappa shape index (κ2) is 6.00. The lowest BCUT2D eigenvalue weighted by atomic mass is 9.84. The molecule has 132 valence electrons. The van der Waals surface area contributed by atoms with Crippen molar-refractivity contribution in [3.05, 3.63) is 91.6 Å². The van der Waals surface area contributed by atoms with E-state index in [1.807, 2.05) is 6.07 Å². The summed E-state index contributed by atoms with van der Waals surface area (Å²) in [4.78, 5) is 23.0. The van der Waals surface area contributed by atoms with E-state index in [0.29, 0.717) is 16.5 Å². The minimum absolute atomic E-state index is 0.0407. The molecule has 0 amide bonds. The SMILES string of the molecule is N#CC1=C(N)Oc2c(c(=O)oc3ccccc23)C1c1ccc([N+](=O)[O-])cc1. The monoisotopic (exact) mass is 361 g/mol. The van der Waals surface area contributed by atoms with Crippen molar-refractivity contribution in [2.45, 2.75) is 5.92 Å². The van der Waals surface area contributed by atoms with Crippen molar-refractivity contribution in [1.82, 2.24) is 0 Å². The number of non-ortho nitro benzene ring substituents is 1. The molecule has 0 aliphatic carbocycles. The highest BCUT2D eigenvalue weighted by Crippen LogP contribution is 2.43. The van der Waals surface area contributed by atoms with E-state index in [0.717, 1.165) is 0 Å². The third-order valence-electron chi connectivity index (χ3n) is 4.41. The van der Waals surface area contributed by atoms with Crippen molar-refractivity contribution in [3.63, 3.8) is 0 Å². The number of nitro benzene ring substituents is 1. The van der Waals surface area contributed by atoms with Crippen molar-refractivity contribution in [2.75, 3.05) is 0 Å². The molecular weight excluding hydrogens is 350 g/mol.